The van der Waals surface area contributed by atoms with E-state index >= 15 is 0 Å². The predicted octanol–water partition coefficient (Wildman–Crippen LogP) is 4.71. The van der Waals surface area contributed by atoms with Gasteiger partial charge in [-0.15, -0.1) is 0 Å². The molecule has 0 amide bonds. The number of ether oxygens (including phenoxy) is 1. The van der Waals surface area contributed by atoms with E-state index in [1.165, 1.54) is 17.9 Å². The van der Waals surface area contributed by atoms with E-state index in [1.807, 2.05) is 18.2 Å². The van der Waals surface area contributed by atoms with E-state index in [2.05, 4.69) is 27.1 Å². The van der Waals surface area contributed by atoms with Crippen LogP contribution < -0.4 is 20.5 Å². The fourth-order valence-electron chi connectivity index (χ4n) is 4.16. The van der Waals surface area contributed by atoms with Gasteiger partial charge in [0, 0.05) is 31.2 Å². The van der Waals surface area contributed by atoms with Crippen LogP contribution in [0.5, 0.6) is 5.75 Å². The van der Waals surface area contributed by atoms with Crippen LogP contribution in [0.1, 0.15) is 40.0 Å². The van der Waals surface area contributed by atoms with Crippen LogP contribution in [0.4, 0.5) is 17.5 Å². The third kappa shape index (κ3) is 5.01. The normalized spacial score (nSPS) is 15.4. The summed E-state index contributed by atoms with van der Waals surface area (Å²) >= 11 is 6.40. The van der Waals surface area contributed by atoms with E-state index in [-0.39, 0.29) is 17.1 Å². The van der Waals surface area contributed by atoms with Gasteiger partial charge in [0.15, 0.2) is 23.5 Å². The number of aryl methyl sites for hydroxylation is 1. The second-order valence-electron chi connectivity index (χ2n) is 8.85. The van der Waals surface area contributed by atoms with E-state index in [4.69, 9.17) is 16.3 Å². The lowest BCUT2D eigenvalue weighted by Gasteiger charge is -2.31. The Labute approximate surface area is 203 Å². The summed E-state index contributed by atoms with van der Waals surface area (Å²) in [7, 11) is 1.68. The number of halogens is 1. The minimum absolute atomic E-state index is 0.132. The second-order valence-corrected chi connectivity index (χ2v) is 9.25. The number of hydrogen-bond donors (Lipinski definition) is 1. The monoisotopic (exact) mass is 483 g/mol. The van der Waals surface area contributed by atoms with Gasteiger partial charge in [0.05, 0.1) is 11.7 Å². The lowest BCUT2D eigenvalue weighted by atomic mass is 9.95. The Morgan fingerprint density at radius 2 is 2.03 bits per heavy atom. The molecule has 1 saturated heterocycles. The number of benzene rings is 1. The molecule has 2 aromatic heterocycles. The largest absolute Gasteiger partial charge is 0.477 e. The topological polar surface area (TPSA) is 89.4 Å². The maximum atomic E-state index is 12.7. The molecule has 1 aliphatic rings. The zero-order valence-electron chi connectivity index (χ0n) is 20.0. The van der Waals surface area contributed by atoms with Crippen LogP contribution >= 0.6 is 11.6 Å². The number of fused-ring (bicyclic) bond motifs is 1. The van der Waals surface area contributed by atoms with Gasteiger partial charge >= 0.3 is 0 Å². The summed E-state index contributed by atoms with van der Waals surface area (Å²) in [5.74, 6) is 1.94. The Hall–Kier alpha value is -3.13. The fourth-order valence-corrected chi connectivity index (χ4v) is 4.30. The van der Waals surface area contributed by atoms with Gasteiger partial charge in [-0.2, -0.15) is 4.98 Å². The standard InChI is InChI=1S/C25H30ClN5O3/c1-5-17-8-10-31(11-9-17)25-27-14-20(26)23(29-25)28-19-6-7-21-18(12-19)13-22(24(33)30(21)4)34-16(3)15(2)32/h6-7,12-14,16-17H,5,8-11H2,1-4H3,(H,27,28,29). The number of ketones is 1. The highest BCUT2D eigenvalue weighted by molar-refractivity contribution is 6.32. The number of Topliss-reactive ketones (excluding diaryl/α,β-unsaturated/α-hetero) is 1. The number of carbonyl (C=O) groups excluding carboxylic acids is 1. The first-order valence-electron chi connectivity index (χ1n) is 11.6. The first-order valence-corrected chi connectivity index (χ1v) is 12.0. The average Bonchev–Trinajstić information content (AvgIpc) is 2.83. The number of nitrogens with one attached hydrogen (secondary N) is 1. The van der Waals surface area contributed by atoms with Gasteiger partial charge in [-0.3, -0.25) is 9.59 Å². The highest BCUT2D eigenvalue weighted by Gasteiger charge is 2.21. The van der Waals surface area contributed by atoms with Crippen molar-refractivity contribution in [1.82, 2.24) is 14.5 Å². The zero-order chi connectivity index (χ0) is 24.4. The first-order chi connectivity index (χ1) is 16.3. The van der Waals surface area contributed by atoms with Crippen LogP contribution in [-0.2, 0) is 11.8 Å². The molecule has 0 spiro atoms. The summed E-state index contributed by atoms with van der Waals surface area (Å²) in [6.07, 6.45) is 4.41. The molecule has 0 saturated carbocycles. The molecule has 1 N–H and O–H groups in total. The summed E-state index contributed by atoms with van der Waals surface area (Å²) in [4.78, 5) is 35.6. The summed E-state index contributed by atoms with van der Waals surface area (Å²) in [6, 6.07) is 7.27. The van der Waals surface area contributed by atoms with Gasteiger partial charge in [-0.25, -0.2) is 4.98 Å². The lowest BCUT2D eigenvalue weighted by molar-refractivity contribution is -0.122. The number of aromatic nitrogens is 3. The Morgan fingerprint density at radius 3 is 2.71 bits per heavy atom. The molecule has 1 fully saturated rings. The van der Waals surface area contributed by atoms with Crippen molar-refractivity contribution in [3.05, 3.63) is 45.8 Å². The van der Waals surface area contributed by atoms with E-state index in [9.17, 15) is 9.59 Å². The van der Waals surface area contributed by atoms with E-state index in [0.717, 1.165) is 48.4 Å². The SMILES string of the molecule is CCC1CCN(c2ncc(Cl)c(Nc3ccc4c(c3)cc(OC(C)C(C)=O)c(=O)n4C)n2)CC1. The number of carbonyl (C=O) groups is 1. The van der Waals surface area contributed by atoms with Crippen LogP contribution in [0.3, 0.4) is 0 Å². The molecule has 0 bridgehead atoms. The Balaban J connectivity index is 1.61. The molecule has 0 aliphatic carbocycles. The van der Waals surface area contributed by atoms with E-state index in [1.54, 1.807) is 26.2 Å². The van der Waals surface area contributed by atoms with Crippen molar-refractivity contribution in [2.24, 2.45) is 13.0 Å². The van der Waals surface area contributed by atoms with Crippen LogP contribution in [0.15, 0.2) is 35.3 Å². The van der Waals surface area contributed by atoms with E-state index in [0.29, 0.717) is 16.8 Å². The molecule has 1 atom stereocenters. The molecule has 9 heteroatoms. The van der Waals surface area contributed by atoms with Gasteiger partial charge in [0.1, 0.15) is 5.02 Å². The Morgan fingerprint density at radius 1 is 1.29 bits per heavy atom. The number of nitrogens with zero attached hydrogens (tertiary/aromatic N) is 4. The maximum Gasteiger partial charge on any atom is 0.293 e. The van der Waals surface area contributed by atoms with Crippen LogP contribution in [0.25, 0.3) is 10.9 Å². The first kappa shape index (κ1) is 24.0. The highest BCUT2D eigenvalue weighted by Crippen LogP contribution is 2.29. The minimum Gasteiger partial charge on any atom is -0.477 e. The molecular weight excluding hydrogens is 454 g/mol. The van der Waals surface area contributed by atoms with Gasteiger partial charge in [0.25, 0.3) is 5.56 Å². The molecule has 0 radical (unpaired) electrons. The minimum atomic E-state index is -0.702. The highest BCUT2D eigenvalue weighted by atomic mass is 35.5. The number of pyridine rings is 1. The molecular formula is C25H30ClN5O3. The van der Waals surface area contributed by atoms with Gasteiger partial charge in [-0.1, -0.05) is 24.9 Å². The molecule has 4 rings (SSSR count). The number of anilines is 3. The fraction of sp³-hybridized carbons (Fsp3) is 0.440. The van der Waals surface area contributed by atoms with Gasteiger partial charge in [0.2, 0.25) is 5.95 Å². The molecule has 3 heterocycles. The summed E-state index contributed by atoms with van der Waals surface area (Å²) in [6.45, 7) is 7.17. The van der Waals surface area contributed by atoms with Crippen molar-refractivity contribution in [1.29, 1.82) is 0 Å². The van der Waals surface area contributed by atoms with Gasteiger partial charge in [-0.05, 0) is 56.9 Å². The summed E-state index contributed by atoms with van der Waals surface area (Å²) in [5, 5.41) is 4.49. The number of hydrogen-bond acceptors (Lipinski definition) is 7. The van der Waals surface area contributed by atoms with Crippen molar-refractivity contribution >= 4 is 45.7 Å². The number of piperidine rings is 1. The number of rotatable bonds is 7. The molecule has 1 unspecified atom stereocenters. The van der Waals surface area contributed by atoms with Crippen molar-refractivity contribution in [2.45, 2.75) is 46.1 Å². The molecule has 1 aromatic carbocycles. The second kappa shape index (κ2) is 10.0. The van der Waals surface area contributed by atoms with Crippen molar-refractivity contribution < 1.29 is 9.53 Å². The third-order valence-electron chi connectivity index (χ3n) is 6.54. The smallest absolute Gasteiger partial charge is 0.293 e. The quantitative estimate of drug-likeness (QED) is 0.520. The van der Waals surface area contributed by atoms with Crippen molar-refractivity contribution in [3.8, 4) is 5.75 Å². The molecule has 8 nitrogen and oxygen atoms in total. The summed E-state index contributed by atoms with van der Waals surface area (Å²) in [5.41, 5.74) is 1.20. The average molecular weight is 484 g/mol. The molecule has 3 aromatic rings. The zero-order valence-corrected chi connectivity index (χ0v) is 20.7. The Kier molecular flexibility index (Phi) is 7.07. The predicted molar refractivity (Wildman–Crippen MR) is 136 cm³/mol. The maximum absolute atomic E-state index is 12.7. The van der Waals surface area contributed by atoms with Crippen LogP contribution in [0, 0.1) is 5.92 Å². The lowest BCUT2D eigenvalue weighted by Crippen LogP contribution is -2.34. The van der Waals surface area contributed by atoms with Crippen molar-refractivity contribution in [3.63, 3.8) is 0 Å². The summed E-state index contributed by atoms with van der Waals surface area (Å²) < 4.78 is 7.13. The van der Waals surface area contributed by atoms with Crippen LogP contribution in [0.2, 0.25) is 5.02 Å². The molecule has 1 aliphatic heterocycles. The van der Waals surface area contributed by atoms with E-state index < -0.39 is 6.10 Å². The van der Waals surface area contributed by atoms with Crippen LogP contribution in [-0.4, -0.2) is 39.5 Å². The molecule has 34 heavy (non-hydrogen) atoms. The molecule has 180 valence electrons. The third-order valence-corrected chi connectivity index (χ3v) is 6.81. The Bertz CT molecular complexity index is 1270. The van der Waals surface area contributed by atoms with Crippen molar-refractivity contribution in [2.75, 3.05) is 23.3 Å². The van der Waals surface area contributed by atoms with Gasteiger partial charge < -0.3 is 19.5 Å².